The Morgan fingerprint density at radius 2 is 1.60 bits per heavy atom. The zero-order valence-electron chi connectivity index (χ0n) is 14.3. The summed E-state index contributed by atoms with van der Waals surface area (Å²) in [5, 5.41) is 6.42. The van der Waals surface area contributed by atoms with Crippen molar-refractivity contribution in [3.63, 3.8) is 0 Å². The Morgan fingerprint density at radius 1 is 1.05 bits per heavy atom. The Morgan fingerprint density at radius 3 is 2.05 bits per heavy atom. The lowest BCUT2D eigenvalue weighted by Gasteiger charge is -2.39. The SMILES string of the molecule is CCC(C)(C)C1CCC(NCC(=O)NC(C)(C)C)CC1. The van der Waals surface area contributed by atoms with Crippen LogP contribution in [0.2, 0.25) is 0 Å². The Balaban J connectivity index is 2.28. The van der Waals surface area contributed by atoms with Crippen LogP contribution in [0.1, 0.15) is 73.6 Å². The van der Waals surface area contributed by atoms with Gasteiger partial charge in [-0.3, -0.25) is 4.79 Å². The molecule has 0 aliphatic heterocycles. The van der Waals surface area contributed by atoms with Gasteiger partial charge in [0.15, 0.2) is 0 Å². The van der Waals surface area contributed by atoms with Crippen molar-refractivity contribution in [3.8, 4) is 0 Å². The van der Waals surface area contributed by atoms with Gasteiger partial charge in [-0.05, 0) is 57.8 Å². The van der Waals surface area contributed by atoms with Crippen LogP contribution in [0.4, 0.5) is 0 Å². The van der Waals surface area contributed by atoms with E-state index in [4.69, 9.17) is 0 Å². The van der Waals surface area contributed by atoms with Crippen LogP contribution in [-0.2, 0) is 4.79 Å². The summed E-state index contributed by atoms with van der Waals surface area (Å²) in [5.41, 5.74) is 0.330. The molecule has 3 heteroatoms. The van der Waals surface area contributed by atoms with E-state index in [9.17, 15) is 4.79 Å². The molecule has 1 amide bonds. The first kappa shape index (κ1) is 17.5. The predicted molar refractivity (Wildman–Crippen MR) is 85.7 cm³/mol. The van der Waals surface area contributed by atoms with E-state index in [-0.39, 0.29) is 11.4 Å². The topological polar surface area (TPSA) is 41.1 Å². The van der Waals surface area contributed by atoms with Crippen molar-refractivity contribution in [2.24, 2.45) is 11.3 Å². The molecule has 0 bridgehead atoms. The van der Waals surface area contributed by atoms with Gasteiger partial charge in [-0.15, -0.1) is 0 Å². The van der Waals surface area contributed by atoms with Gasteiger partial charge in [0, 0.05) is 11.6 Å². The van der Waals surface area contributed by atoms with E-state index in [1.165, 1.54) is 32.1 Å². The molecule has 1 fully saturated rings. The summed E-state index contributed by atoms with van der Waals surface area (Å²) in [6, 6.07) is 0.518. The monoisotopic (exact) mass is 282 g/mol. The molecule has 3 nitrogen and oxygen atoms in total. The van der Waals surface area contributed by atoms with E-state index in [0.29, 0.717) is 18.0 Å². The van der Waals surface area contributed by atoms with Crippen LogP contribution in [0.3, 0.4) is 0 Å². The molecule has 118 valence electrons. The molecule has 1 aliphatic rings. The number of carbonyl (C=O) groups excluding carboxylic acids is 1. The quantitative estimate of drug-likeness (QED) is 0.810. The van der Waals surface area contributed by atoms with Crippen LogP contribution in [-0.4, -0.2) is 24.0 Å². The zero-order chi connectivity index (χ0) is 15.4. The molecule has 1 saturated carbocycles. The fourth-order valence-electron chi connectivity index (χ4n) is 3.07. The Bertz CT molecular complexity index is 309. The Labute approximate surface area is 125 Å². The van der Waals surface area contributed by atoms with Crippen LogP contribution in [0.25, 0.3) is 0 Å². The summed E-state index contributed by atoms with van der Waals surface area (Å²) in [4.78, 5) is 11.8. The van der Waals surface area contributed by atoms with Crippen molar-refractivity contribution in [2.75, 3.05) is 6.54 Å². The molecule has 20 heavy (non-hydrogen) atoms. The van der Waals surface area contributed by atoms with E-state index in [0.717, 1.165) is 5.92 Å². The highest BCUT2D eigenvalue weighted by molar-refractivity contribution is 5.78. The van der Waals surface area contributed by atoms with Gasteiger partial charge < -0.3 is 10.6 Å². The lowest BCUT2D eigenvalue weighted by Crippen LogP contribution is -2.47. The third-order valence-electron chi connectivity index (χ3n) is 4.81. The van der Waals surface area contributed by atoms with E-state index in [1.54, 1.807) is 0 Å². The molecule has 0 radical (unpaired) electrons. The lowest BCUT2D eigenvalue weighted by molar-refractivity contribution is -0.121. The summed E-state index contributed by atoms with van der Waals surface area (Å²) in [5.74, 6) is 0.947. The summed E-state index contributed by atoms with van der Waals surface area (Å²) in [7, 11) is 0. The van der Waals surface area contributed by atoms with Gasteiger partial charge in [0.1, 0.15) is 0 Å². The first-order valence-electron chi connectivity index (χ1n) is 8.18. The highest BCUT2D eigenvalue weighted by Crippen LogP contribution is 2.40. The molecule has 0 unspecified atom stereocenters. The number of rotatable bonds is 5. The van der Waals surface area contributed by atoms with Crippen molar-refractivity contribution >= 4 is 5.91 Å². The van der Waals surface area contributed by atoms with Gasteiger partial charge in [-0.2, -0.15) is 0 Å². The second kappa shape index (κ2) is 6.93. The third-order valence-corrected chi connectivity index (χ3v) is 4.81. The van der Waals surface area contributed by atoms with Crippen LogP contribution in [0, 0.1) is 11.3 Å². The van der Waals surface area contributed by atoms with Crippen LogP contribution < -0.4 is 10.6 Å². The van der Waals surface area contributed by atoms with E-state index in [1.807, 2.05) is 20.8 Å². The molecule has 1 rings (SSSR count). The second-order valence-corrected chi connectivity index (χ2v) is 8.07. The van der Waals surface area contributed by atoms with Gasteiger partial charge in [0.05, 0.1) is 6.54 Å². The van der Waals surface area contributed by atoms with Gasteiger partial charge in [-0.1, -0.05) is 27.2 Å². The smallest absolute Gasteiger partial charge is 0.234 e. The molecule has 0 aromatic carbocycles. The molecular formula is C17H34N2O. The molecule has 0 atom stereocenters. The molecule has 0 aromatic heterocycles. The summed E-state index contributed by atoms with van der Waals surface area (Å²) in [6.45, 7) is 13.6. The minimum Gasteiger partial charge on any atom is -0.350 e. The molecule has 1 aliphatic carbocycles. The molecule has 2 N–H and O–H groups in total. The third kappa shape index (κ3) is 5.82. The standard InChI is InChI=1S/C17H34N2O/c1-7-17(5,6)13-8-10-14(11-9-13)18-12-15(20)19-16(2,3)4/h13-14,18H,7-12H2,1-6H3,(H,19,20). The van der Waals surface area contributed by atoms with Crippen LogP contribution in [0.15, 0.2) is 0 Å². The van der Waals surface area contributed by atoms with Gasteiger partial charge in [0.2, 0.25) is 5.91 Å². The van der Waals surface area contributed by atoms with Crippen molar-refractivity contribution in [1.82, 2.24) is 10.6 Å². The van der Waals surface area contributed by atoms with Gasteiger partial charge >= 0.3 is 0 Å². The van der Waals surface area contributed by atoms with Gasteiger partial charge in [0.25, 0.3) is 0 Å². The van der Waals surface area contributed by atoms with Crippen LogP contribution >= 0.6 is 0 Å². The molecule has 0 saturated heterocycles. The lowest BCUT2D eigenvalue weighted by atomic mass is 9.69. The maximum atomic E-state index is 11.8. The fourth-order valence-corrected chi connectivity index (χ4v) is 3.07. The highest BCUT2D eigenvalue weighted by Gasteiger charge is 2.31. The number of carbonyl (C=O) groups is 1. The zero-order valence-corrected chi connectivity index (χ0v) is 14.3. The molecule has 0 spiro atoms. The molecular weight excluding hydrogens is 248 g/mol. The Hall–Kier alpha value is -0.570. The first-order valence-corrected chi connectivity index (χ1v) is 8.18. The first-order chi connectivity index (χ1) is 9.14. The highest BCUT2D eigenvalue weighted by atomic mass is 16.2. The van der Waals surface area contributed by atoms with E-state index >= 15 is 0 Å². The number of hydrogen-bond acceptors (Lipinski definition) is 2. The summed E-state index contributed by atoms with van der Waals surface area (Å²) < 4.78 is 0. The van der Waals surface area contributed by atoms with Crippen LogP contribution in [0.5, 0.6) is 0 Å². The van der Waals surface area contributed by atoms with Crippen molar-refractivity contribution < 1.29 is 4.79 Å². The van der Waals surface area contributed by atoms with Crippen molar-refractivity contribution in [2.45, 2.75) is 85.2 Å². The van der Waals surface area contributed by atoms with Gasteiger partial charge in [-0.25, -0.2) is 0 Å². The average molecular weight is 282 g/mol. The molecule has 0 aromatic rings. The second-order valence-electron chi connectivity index (χ2n) is 8.07. The van der Waals surface area contributed by atoms with Crippen molar-refractivity contribution in [1.29, 1.82) is 0 Å². The predicted octanol–water partition coefficient (Wildman–Crippen LogP) is 3.49. The number of hydrogen-bond donors (Lipinski definition) is 2. The number of nitrogens with one attached hydrogen (secondary N) is 2. The number of amides is 1. The van der Waals surface area contributed by atoms with E-state index < -0.39 is 0 Å². The molecule has 0 heterocycles. The summed E-state index contributed by atoms with van der Waals surface area (Å²) >= 11 is 0. The maximum absolute atomic E-state index is 11.8. The van der Waals surface area contributed by atoms with Crippen molar-refractivity contribution in [3.05, 3.63) is 0 Å². The minimum atomic E-state index is -0.137. The van der Waals surface area contributed by atoms with E-state index in [2.05, 4.69) is 31.4 Å². The Kier molecular flexibility index (Phi) is 6.06. The summed E-state index contributed by atoms with van der Waals surface area (Å²) in [6.07, 6.45) is 6.25. The minimum absolute atomic E-state index is 0.105. The fraction of sp³-hybridized carbons (Fsp3) is 0.941. The normalized spacial score (nSPS) is 24.5. The maximum Gasteiger partial charge on any atom is 0.234 e. The largest absolute Gasteiger partial charge is 0.350 e. The average Bonchev–Trinajstić information content (AvgIpc) is 2.35.